The van der Waals surface area contributed by atoms with E-state index in [-0.39, 0.29) is 24.1 Å². The normalized spacial score (nSPS) is 23.8. The number of aromatic amines is 1. The van der Waals surface area contributed by atoms with Crippen LogP contribution in [-0.4, -0.2) is 53.1 Å². The summed E-state index contributed by atoms with van der Waals surface area (Å²) in [5.74, 6) is 0.805. The fourth-order valence-corrected chi connectivity index (χ4v) is 3.40. The van der Waals surface area contributed by atoms with Crippen molar-refractivity contribution < 1.29 is 9.53 Å². The van der Waals surface area contributed by atoms with Crippen LogP contribution >= 0.6 is 12.4 Å². The first-order valence-electron chi connectivity index (χ1n) is 8.24. The molecule has 0 saturated carbocycles. The number of ether oxygens (including phenoxy) is 1. The highest BCUT2D eigenvalue weighted by molar-refractivity contribution is 6.11. The Kier molecular flexibility index (Phi) is 5.33. The molecule has 2 fully saturated rings. The Balaban J connectivity index is 0.00000169. The molecule has 0 amide bonds. The summed E-state index contributed by atoms with van der Waals surface area (Å²) in [6.07, 6.45) is 6.32. The van der Waals surface area contributed by atoms with E-state index in [4.69, 9.17) is 4.74 Å². The number of fused-ring (bicyclic) bond motifs is 1. The number of Topliss-reactive ketones (excluding diaryl/α,β-unsaturated/α-hetero) is 1. The minimum absolute atomic E-state index is 0. The quantitative estimate of drug-likeness (QED) is 0.727. The van der Waals surface area contributed by atoms with E-state index in [0.717, 1.165) is 43.6 Å². The number of carbonyl (C=O) groups is 1. The monoisotopic (exact) mass is 351 g/mol. The lowest BCUT2D eigenvalue weighted by molar-refractivity contribution is 0.0902. The van der Waals surface area contributed by atoms with E-state index in [1.165, 1.54) is 6.33 Å². The fraction of sp³-hybridized carbons (Fsp3) is 0.562. The molecule has 2 saturated heterocycles. The fourth-order valence-electron chi connectivity index (χ4n) is 3.40. The van der Waals surface area contributed by atoms with E-state index in [1.807, 2.05) is 0 Å². The number of hydrogen-bond acceptors (Lipinski definition) is 6. The third kappa shape index (κ3) is 3.24. The number of nitrogens with one attached hydrogen (secondary N) is 3. The molecule has 2 unspecified atom stereocenters. The topological polar surface area (TPSA) is 91.9 Å². The third-order valence-corrected chi connectivity index (χ3v) is 4.67. The van der Waals surface area contributed by atoms with E-state index in [1.54, 1.807) is 6.20 Å². The van der Waals surface area contributed by atoms with Crippen LogP contribution in [0.2, 0.25) is 0 Å². The van der Waals surface area contributed by atoms with Crippen molar-refractivity contribution in [3.05, 3.63) is 18.1 Å². The second-order valence-corrected chi connectivity index (χ2v) is 6.26. The minimum atomic E-state index is -0.0570. The Morgan fingerprint density at radius 1 is 1.33 bits per heavy atom. The summed E-state index contributed by atoms with van der Waals surface area (Å²) >= 11 is 0. The number of aromatic nitrogens is 3. The first-order chi connectivity index (χ1) is 11.3. The molecule has 0 radical (unpaired) electrons. The van der Waals surface area contributed by atoms with Crippen molar-refractivity contribution >= 4 is 35.0 Å². The number of piperidine rings is 1. The number of anilines is 1. The number of ketones is 1. The molecule has 0 bridgehead atoms. The summed E-state index contributed by atoms with van der Waals surface area (Å²) < 4.78 is 5.35. The van der Waals surface area contributed by atoms with Crippen LogP contribution < -0.4 is 10.6 Å². The first-order valence-corrected chi connectivity index (χ1v) is 8.24. The smallest absolute Gasteiger partial charge is 0.170 e. The van der Waals surface area contributed by atoms with Crippen LogP contribution in [0, 0.1) is 5.92 Å². The van der Waals surface area contributed by atoms with Gasteiger partial charge < -0.3 is 20.4 Å². The Hall–Kier alpha value is -1.70. The molecule has 24 heavy (non-hydrogen) atoms. The van der Waals surface area contributed by atoms with Crippen molar-refractivity contribution in [3.63, 3.8) is 0 Å². The standard InChI is InChI=1S/C16H21N5O2.ClH/c22-14(10-3-5-23-8-10)12-7-18-15-13(12)16(20-9-19-15)21-11-2-1-4-17-6-11;/h7,9-11,17H,1-6,8H2,(H2,18,19,20,21);1H. The van der Waals surface area contributed by atoms with Gasteiger partial charge >= 0.3 is 0 Å². The van der Waals surface area contributed by atoms with E-state index in [9.17, 15) is 4.79 Å². The molecule has 4 rings (SSSR count). The van der Waals surface area contributed by atoms with Crippen LogP contribution in [0.1, 0.15) is 29.6 Å². The second kappa shape index (κ2) is 7.46. The molecule has 4 heterocycles. The zero-order chi connectivity index (χ0) is 15.6. The van der Waals surface area contributed by atoms with Gasteiger partial charge in [0.25, 0.3) is 0 Å². The van der Waals surface area contributed by atoms with Gasteiger partial charge in [0, 0.05) is 36.9 Å². The maximum Gasteiger partial charge on any atom is 0.170 e. The summed E-state index contributed by atoms with van der Waals surface area (Å²) in [6.45, 7) is 3.14. The van der Waals surface area contributed by atoms with Gasteiger partial charge in [-0.3, -0.25) is 4.79 Å². The van der Waals surface area contributed by atoms with Crippen LogP contribution in [0.15, 0.2) is 12.5 Å². The SMILES string of the molecule is Cl.O=C(c1c[nH]c2ncnc(NC3CCCNC3)c12)C1CCOC1. The lowest BCUT2D eigenvalue weighted by Crippen LogP contribution is -2.38. The molecule has 3 N–H and O–H groups in total. The second-order valence-electron chi connectivity index (χ2n) is 6.26. The molecule has 2 atom stereocenters. The van der Waals surface area contributed by atoms with Gasteiger partial charge in [0.2, 0.25) is 0 Å². The van der Waals surface area contributed by atoms with E-state index in [2.05, 4.69) is 25.6 Å². The molecule has 0 aliphatic carbocycles. The molecule has 2 aliphatic rings. The maximum atomic E-state index is 12.8. The lowest BCUT2D eigenvalue weighted by atomic mass is 9.97. The molecule has 8 heteroatoms. The lowest BCUT2D eigenvalue weighted by Gasteiger charge is -2.24. The highest BCUT2D eigenvalue weighted by atomic mass is 35.5. The van der Waals surface area contributed by atoms with Crippen molar-refractivity contribution in [1.29, 1.82) is 0 Å². The van der Waals surface area contributed by atoms with E-state index >= 15 is 0 Å². The zero-order valence-electron chi connectivity index (χ0n) is 13.4. The third-order valence-electron chi connectivity index (χ3n) is 4.67. The molecular formula is C16H22ClN5O2. The molecule has 2 aromatic rings. The first kappa shape index (κ1) is 17.1. The number of rotatable bonds is 4. The maximum absolute atomic E-state index is 12.8. The van der Waals surface area contributed by atoms with E-state index < -0.39 is 0 Å². The Morgan fingerprint density at radius 3 is 3.00 bits per heavy atom. The summed E-state index contributed by atoms with van der Waals surface area (Å²) in [5, 5.41) is 7.66. The van der Waals surface area contributed by atoms with Crippen LogP contribution in [-0.2, 0) is 4.74 Å². The van der Waals surface area contributed by atoms with Crippen molar-refractivity contribution in [1.82, 2.24) is 20.3 Å². The molecule has 2 aromatic heterocycles. The van der Waals surface area contributed by atoms with Crippen LogP contribution in [0.3, 0.4) is 0 Å². The van der Waals surface area contributed by atoms with Gasteiger partial charge in [0.1, 0.15) is 17.8 Å². The van der Waals surface area contributed by atoms with Crippen LogP contribution in [0.25, 0.3) is 11.0 Å². The summed E-state index contributed by atoms with van der Waals surface area (Å²) in [7, 11) is 0. The number of halogens is 1. The number of H-pyrrole nitrogens is 1. The van der Waals surface area contributed by atoms with Crippen molar-refractivity contribution in [2.45, 2.75) is 25.3 Å². The van der Waals surface area contributed by atoms with Gasteiger partial charge in [0.05, 0.1) is 12.0 Å². The molecular weight excluding hydrogens is 330 g/mol. The van der Waals surface area contributed by atoms with E-state index in [0.29, 0.717) is 30.5 Å². The van der Waals surface area contributed by atoms with Gasteiger partial charge in [-0.05, 0) is 25.8 Å². The van der Waals surface area contributed by atoms with Crippen molar-refractivity contribution in [2.75, 3.05) is 31.6 Å². The minimum Gasteiger partial charge on any atom is -0.381 e. The highest BCUT2D eigenvalue weighted by Gasteiger charge is 2.28. The largest absolute Gasteiger partial charge is 0.381 e. The molecule has 0 aromatic carbocycles. The van der Waals surface area contributed by atoms with Gasteiger partial charge in [-0.15, -0.1) is 12.4 Å². The zero-order valence-corrected chi connectivity index (χ0v) is 14.2. The molecule has 7 nitrogen and oxygen atoms in total. The number of hydrogen-bond donors (Lipinski definition) is 3. The highest BCUT2D eigenvalue weighted by Crippen LogP contribution is 2.28. The van der Waals surface area contributed by atoms with Crippen LogP contribution in [0.4, 0.5) is 5.82 Å². The predicted molar refractivity (Wildman–Crippen MR) is 93.9 cm³/mol. The average molecular weight is 352 g/mol. The van der Waals surface area contributed by atoms with Gasteiger partial charge in [-0.2, -0.15) is 0 Å². The van der Waals surface area contributed by atoms with Crippen molar-refractivity contribution in [2.24, 2.45) is 5.92 Å². The summed E-state index contributed by atoms with van der Waals surface area (Å²) in [6, 6.07) is 0.328. The van der Waals surface area contributed by atoms with Gasteiger partial charge in [-0.25, -0.2) is 9.97 Å². The molecule has 0 spiro atoms. The van der Waals surface area contributed by atoms with Gasteiger partial charge in [-0.1, -0.05) is 0 Å². The predicted octanol–water partition coefficient (Wildman–Crippen LogP) is 1.76. The Labute approximate surface area is 146 Å². The van der Waals surface area contributed by atoms with Crippen LogP contribution in [0.5, 0.6) is 0 Å². The van der Waals surface area contributed by atoms with Gasteiger partial charge in [0.15, 0.2) is 5.78 Å². The molecule has 2 aliphatic heterocycles. The number of nitrogens with zero attached hydrogens (tertiary/aromatic N) is 2. The molecule has 130 valence electrons. The average Bonchev–Trinajstić information content (AvgIpc) is 3.26. The van der Waals surface area contributed by atoms with Crippen molar-refractivity contribution in [3.8, 4) is 0 Å². The summed E-state index contributed by atoms with van der Waals surface area (Å²) in [4.78, 5) is 24.5. The number of carbonyl (C=O) groups excluding carboxylic acids is 1. The Morgan fingerprint density at radius 2 is 2.25 bits per heavy atom. The summed E-state index contributed by atoms with van der Waals surface area (Å²) in [5.41, 5.74) is 1.37. The Bertz CT molecular complexity index is 708.